The lowest BCUT2D eigenvalue weighted by atomic mass is 9.96. The largest absolute Gasteiger partial charge is 0.309 e. The quantitative estimate of drug-likeness (QED) is 0.162. The second-order valence-electron chi connectivity index (χ2n) is 15.7. The second kappa shape index (κ2) is 14.1. The average molecular weight is 780 g/mol. The van der Waals surface area contributed by atoms with Crippen LogP contribution in [0.1, 0.15) is 0 Å². The van der Waals surface area contributed by atoms with Gasteiger partial charge < -0.3 is 4.90 Å². The molecule has 2 heteroatoms. The number of hydrogen-bond donors (Lipinski definition) is 0. The van der Waals surface area contributed by atoms with Crippen LogP contribution in [-0.4, -0.2) is 0 Å². The third-order valence-electron chi connectivity index (χ3n) is 12.2. The summed E-state index contributed by atoms with van der Waals surface area (Å²) in [5.74, 6) is 0. The first kappa shape index (κ1) is 34.5. The minimum Gasteiger partial charge on any atom is -0.309 e. The van der Waals surface area contributed by atoms with Crippen LogP contribution < -0.4 is 4.90 Å². The second-order valence-corrected chi connectivity index (χ2v) is 16.8. The highest BCUT2D eigenvalue weighted by Crippen LogP contribution is 2.47. The third-order valence-corrected chi connectivity index (χ3v) is 13.4. The van der Waals surface area contributed by atoms with Gasteiger partial charge in [0.15, 0.2) is 0 Å². The average Bonchev–Trinajstić information content (AvgIpc) is 3.72. The van der Waals surface area contributed by atoms with Crippen molar-refractivity contribution in [3.8, 4) is 33.4 Å². The van der Waals surface area contributed by atoms with E-state index in [1.165, 1.54) is 102 Å². The van der Waals surface area contributed by atoms with Crippen molar-refractivity contribution in [1.82, 2.24) is 0 Å². The van der Waals surface area contributed by atoms with Crippen molar-refractivity contribution < 1.29 is 0 Å². The maximum Gasteiger partial charge on any atom is 0.0640 e. The molecule has 0 spiro atoms. The molecule has 1 heterocycles. The van der Waals surface area contributed by atoms with Gasteiger partial charge in [0, 0.05) is 26.8 Å². The van der Waals surface area contributed by atoms with Gasteiger partial charge in [-0.25, -0.2) is 0 Å². The molecule has 0 fully saturated rings. The van der Waals surface area contributed by atoms with Gasteiger partial charge in [-0.15, -0.1) is 11.3 Å². The van der Waals surface area contributed by atoms with Gasteiger partial charge in [-0.2, -0.15) is 0 Å². The van der Waals surface area contributed by atoms with E-state index in [9.17, 15) is 0 Å². The van der Waals surface area contributed by atoms with E-state index in [0.717, 1.165) is 11.4 Å². The number of nitrogens with zero attached hydrogens (tertiary/aromatic N) is 1. The van der Waals surface area contributed by atoms with E-state index in [-0.39, 0.29) is 0 Å². The zero-order valence-electron chi connectivity index (χ0n) is 32.7. The summed E-state index contributed by atoms with van der Waals surface area (Å²) in [7, 11) is 0. The molecule has 0 amide bonds. The molecular formula is C58H37NS. The summed E-state index contributed by atoms with van der Waals surface area (Å²) in [5, 5.41) is 12.7. The van der Waals surface area contributed by atoms with Crippen molar-refractivity contribution in [2.75, 3.05) is 4.90 Å². The van der Waals surface area contributed by atoms with E-state index in [4.69, 9.17) is 0 Å². The maximum absolute atomic E-state index is 2.44. The van der Waals surface area contributed by atoms with E-state index < -0.39 is 0 Å². The first-order valence-corrected chi connectivity index (χ1v) is 21.4. The zero-order valence-corrected chi connectivity index (χ0v) is 33.5. The minimum absolute atomic E-state index is 1.12. The lowest BCUT2D eigenvalue weighted by molar-refractivity contribution is 1.30. The Hall–Kier alpha value is -7.52. The van der Waals surface area contributed by atoms with Crippen molar-refractivity contribution in [3.63, 3.8) is 0 Å². The fourth-order valence-electron chi connectivity index (χ4n) is 9.20. The van der Waals surface area contributed by atoms with Gasteiger partial charge >= 0.3 is 0 Å². The zero-order chi connectivity index (χ0) is 39.6. The fourth-order valence-corrected chi connectivity index (χ4v) is 10.4. The number of fused-ring (bicyclic) bond motifs is 8. The smallest absolute Gasteiger partial charge is 0.0640 e. The Balaban J connectivity index is 0.946. The number of benzene rings is 11. The van der Waals surface area contributed by atoms with Crippen LogP contribution in [0.15, 0.2) is 224 Å². The van der Waals surface area contributed by atoms with Crippen molar-refractivity contribution in [2.24, 2.45) is 0 Å². The number of rotatable bonds is 6. The first-order valence-electron chi connectivity index (χ1n) is 20.6. The molecule has 1 aromatic heterocycles. The number of hydrogen-bond acceptors (Lipinski definition) is 2. The number of anilines is 3. The Morgan fingerprint density at radius 2 is 0.767 bits per heavy atom. The molecule has 0 atom stereocenters. The summed E-state index contributed by atoms with van der Waals surface area (Å²) in [6.45, 7) is 0. The molecule has 280 valence electrons. The van der Waals surface area contributed by atoms with Gasteiger partial charge in [-0.05, 0) is 131 Å². The Morgan fingerprint density at radius 1 is 0.300 bits per heavy atom. The van der Waals surface area contributed by atoms with Crippen LogP contribution in [-0.2, 0) is 0 Å². The van der Waals surface area contributed by atoms with Crippen LogP contribution >= 0.6 is 11.3 Å². The molecule has 12 aromatic rings. The van der Waals surface area contributed by atoms with Gasteiger partial charge in [0.25, 0.3) is 0 Å². The van der Waals surface area contributed by atoms with Gasteiger partial charge in [0.05, 0.1) is 10.4 Å². The van der Waals surface area contributed by atoms with E-state index in [0.29, 0.717) is 0 Å². The monoisotopic (exact) mass is 779 g/mol. The molecule has 0 saturated heterocycles. The molecule has 0 saturated carbocycles. The third kappa shape index (κ3) is 5.84. The summed E-state index contributed by atoms with van der Waals surface area (Å²) in [4.78, 5) is 2.44. The molecule has 0 radical (unpaired) electrons. The van der Waals surface area contributed by atoms with Crippen molar-refractivity contribution in [2.45, 2.75) is 0 Å². The maximum atomic E-state index is 2.44. The van der Waals surface area contributed by atoms with Gasteiger partial charge in [-0.1, -0.05) is 170 Å². The van der Waals surface area contributed by atoms with Gasteiger partial charge in [0.1, 0.15) is 0 Å². The normalized spacial score (nSPS) is 11.7. The van der Waals surface area contributed by atoms with Crippen LogP contribution in [0, 0.1) is 0 Å². The molecule has 12 rings (SSSR count). The summed E-state index contributed by atoms with van der Waals surface area (Å²) in [5.41, 5.74) is 10.7. The molecule has 0 unspecified atom stereocenters. The highest BCUT2D eigenvalue weighted by Gasteiger charge is 2.20. The summed E-state index contributed by atoms with van der Waals surface area (Å²) >= 11 is 1.88. The van der Waals surface area contributed by atoms with Crippen LogP contribution in [0.3, 0.4) is 0 Å². The molecule has 0 aliphatic rings. The van der Waals surface area contributed by atoms with Gasteiger partial charge in [0.2, 0.25) is 0 Å². The van der Waals surface area contributed by atoms with E-state index in [1.54, 1.807) is 0 Å². The predicted octanol–water partition coefficient (Wildman–Crippen LogP) is 17.1. The topological polar surface area (TPSA) is 3.24 Å². The highest BCUT2D eigenvalue weighted by molar-refractivity contribution is 7.26. The predicted molar refractivity (Wildman–Crippen MR) is 260 cm³/mol. The van der Waals surface area contributed by atoms with Crippen LogP contribution in [0.2, 0.25) is 0 Å². The highest BCUT2D eigenvalue weighted by atomic mass is 32.1. The Kier molecular flexibility index (Phi) is 8.11. The molecule has 11 aromatic carbocycles. The molecule has 0 N–H and O–H groups in total. The molecule has 1 nitrogen and oxygen atoms in total. The first-order chi connectivity index (χ1) is 29.7. The lowest BCUT2D eigenvalue weighted by Crippen LogP contribution is -2.10. The molecular weight excluding hydrogens is 743 g/mol. The molecule has 60 heavy (non-hydrogen) atoms. The molecule has 0 aliphatic carbocycles. The van der Waals surface area contributed by atoms with Gasteiger partial charge in [-0.3, -0.25) is 0 Å². The number of thiophene rings is 1. The SMILES string of the molecule is c1ccc2cc(-c3ccc4cc(-c5ccc(N(c6ccc(-c7cccc8ccccc78)cc6)c6cccc7c6sc6ccc8ccccc8c67)cc5)ccc4c3)ccc2c1. The Morgan fingerprint density at radius 3 is 1.47 bits per heavy atom. The summed E-state index contributed by atoms with van der Waals surface area (Å²) in [6.07, 6.45) is 0. The molecule has 0 bridgehead atoms. The summed E-state index contributed by atoms with van der Waals surface area (Å²) < 4.78 is 2.59. The van der Waals surface area contributed by atoms with Crippen molar-refractivity contribution in [3.05, 3.63) is 224 Å². The van der Waals surface area contributed by atoms with Crippen LogP contribution in [0.5, 0.6) is 0 Å². The minimum atomic E-state index is 1.12. The van der Waals surface area contributed by atoms with Crippen LogP contribution in [0.4, 0.5) is 17.1 Å². The van der Waals surface area contributed by atoms with E-state index >= 15 is 0 Å². The Labute approximate surface area is 352 Å². The summed E-state index contributed by atoms with van der Waals surface area (Å²) in [6, 6.07) is 82.5. The Bertz CT molecular complexity index is 3590. The van der Waals surface area contributed by atoms with E-state index in [1.807, 2.05) is 11.3 Å². The van der Waals surface area contributed by atoms with E-state index in [2.05, 4.69) is 229 Å². The standard InChI is InChI=1S/C58H37NS/c1-2-12-43-35-45(20-19-38(43)9-1)48-24-23-46-36-44(21-22-47(46)37-48)39-25-30-49(31-26-39)59(50-32-27-42(28-33-50)52-16-7-13-40-10-3-5-14-51(40)52)55-18-8-17-54-57-53-15-6-4-11-41(53)29-34-56(57)60-58(54)55/h1-37H. The van der Waals surface area contributed by atoms with Crippen LogP contribution in [0.25, 0.3) is 96.6 Å². The fraction of sp³-hybridized carbons (Fsp3) is 0. The van der Waals surface area contributed by atoms with Crippen molar-refractivity contribution >= 4 is 91.7 Å². The lowest BCUT2D eigenvalue weighted by Gasteiger charge is -2.26. The molecule has 0 aliphatic heterocycles. The van der Waals surface area contributed by atoms with Crippen molar-refractivity contribution in [1.29, 1.82) is 0 Å².